The van der Waals surface area contributed by atoms with Gasteiger partial charge in [-0.05, 0) is 75.5 Å². The number of nitrogens with zero attached hydrogens (tertiary/aromatic N) is 3. The monoisotopic (exact) mass is 594 g/mol. The highest BCUT2D eigenvalue weighted by Crippen LogP contribution is 2.40. The summed E-state index contributed by atoms with van der Waals surface area (Å²) in [6, 6.07) is 10.7. The summed E-state index contributed by atoms with van der Waals surface area (Å²) in [5.74, 6) is 4.12. The van der Waals surface area contributed by atoms with Crippen molar-refractivity contribution < 1.29 is 14.2 Å². The normalized spacial score (nSPS) is 31.0. The fraction of sp³-hybridized carbons (Fsp3) is 0.806. The van der Waals surface area contributed by atoms with Gasteiger partial charge in [-0.15, -0.1) is 0 Å². The van der Waals surface area contributed by atoms with Gasteiger partial charge in [-0.1, -0.05) is 57.1 Å². The first-order valence-corrected chi connectivity index (χ1v) is 17.9. The van der Waals surface area contributed by atoms with Gasteiger partial charge in [0, 0.05) is 44.2 Å². The summed E-state index contributed by atoms with van der Waals surface area (Å²) in [4.78, 5) is 7.81. The van der Waals surface area contributed by atoms with Crippen LogP contribution in [0.15, 0.2) is 24.3 Å². The molecule has 1 aromatic heterocycles. The highest BCUT2D eigenvalue weighted by molar-refractivity contribution is 5.76. The molecular weight excluding hydrogens is 536 g/mol. The molecule has 1 aromatic carbocycles. The molecule has 1 N–H and O–H groups in total. The van der Waals surface area contributed by atoms with E-state index in [2.05, 4.69) is 39.0 Å². The number of nitrogens with one attached hydrogen (secondary N) is 1. The predicted molar refractivity (Wildman–Crippen MR) is 174 cm³/mol. The van der Waals surface area contributed by atoms with Crippen molar-refractivity contribution in [3.63, 3.8) is 0 Å². The van der Waals surface area contributed by atoms with Crippen molar-refractivity contribution in [3.05, 3.63) is 30.1 Å². The number of imidazole rings is 1. The molecule has 240 valence electrons. The summed E-state index contributed by atoms with van der Waals surface area (Å²) in [6.07, 6.45) is 19.8. The number of rotatable bonds is 11. The highest BCUT2D eigenvalue weighted by atomic mass is 16.5. The number of benzene rings is 1. The van der Waals surface area contributed by atoms with Crippen molar-refractivity contribution in [1.82, 2.24) is 19.8 Å². The molecule has 7 heteroatoms. The molecule has 3 atom stereocenters. The molecule has 3 aliphatic heterocycles. The average molecular weight is 595 g/mol. The number of piperidine rings is 3. The van der Waals surface area contributed by atoms with Crippen molar-refractivity contribution in [1.29, 1.82) is 0 Å². The maximum Gasteiger partial charge on any atom is 0.114 e. The molecule has 4 heterocycles. The number of aromatic nitrogens is 2. The number of ether oxygens (including phenoxy) is 3. The van der Waals surface area contributed by atoms with Gasteiger partial charge in [-0.2, -0.15) is 0 Å². The summed E-state index contributed by atoms with van der Waals surface area (Å²) < 4.78 is 19.0. The van der Waals surface area contributed by atoms with Gasteiger partial charge in [0.05, 0.1) is 44.1 Å². The van der Waals surface area contributed by atoms with Crippen molar-refractivity contribution in [2.75, 3.05) is 59.8 Å². The molecule has 0 radical (unpaired) electrons. The van der Waals surface area contributed by atoms with Crippen molar-refractivity contribution in [3.8, 4) is 0 Å². The van der Waals surface area contributed by atoms with Gasteiger partial charge < -0.3 is 29.0 Å². The summed E-state index contributed by atoms with van der Waals surface area (Å²) in [5.41, 5.74) is 2.49. The quantitative estimate of drug-likeness (QED) is 0.292. The van der Waals surface area contributed by atoms with Crippen LogP contribution in [0.1, 0.15) is 108 Å². The zero-order chi connectivity index (χ0) is 29.3. The lowest BCUT2D eigenvalue weighted by Crippen LogP contribution is -2.49. The Morgan fingerprint density at radius 2 is 1.44 bits per heavy atom. The van der Waals surface area contributed by atoms with Crippen molar-refractivity contribution >= 4 is 11.0 Å². The fourth-order valence-corrected chi connectivity index (χ4v) is 8.93. The van der Waals surface area contributed by atoms with Crippen LogP contribution in [0.2, 0.25) is 0 Å². The predicted octanol–water partition coefficient (Wildman–Crippen LogP) is 6.72. The van der Waals surface area contributed by atoms with Crippen LogP contribution in [0.4, 0.5) is 0 Å². The topological polar surface area (TPSA) is 60.8 Å². The summed E-state index contributed by atoms with van der Waals surface area (Å²) in [5, 5.41) is 3.88. The Kier molecular flexibility index (Phi) is 11.8. The Hall–Kier alpha value is -1.51. The molecule has 43 heavy (non-hydrogen) atoms. The Balaban J connectivity index is 0.000000310. The Morgan fingerprint density at radius 1 is 0.767 bits per heavy atom. The lowest BCUT2D eigenvalue weighted by molar-refractivity contribution is 0.0177. The van der Waals surface area contributed by atoms with Gasteiger partial charge in [-0.3, -0.25) is 0 Å². The van der Waals surface area contributed by atoms with E-state index in [0.717, 1.165) is 43.6 Å². The van der Waals surface area contributed by atoms with Gasteiger partial charge in [-0.25, -0.2) is 4.98 Å². The van der Waals surface area contributed by atoms with E-state index in [4.69, 9.17) is 19.2 Å². The molecular formula is C36H58N4O3. The molecule has 5 aliphatic rings. The molecule has 2 unspecified atom stereocenters. The maximum atomic E-state index is 5.83. The molecule has 0 spiro atoms. The third-order valence-electron chi connectivity index (χ3n) is 11.0. The van der Waals surface area contributed by atoms with E-state index in [-0.39, 0.29) is 0 Å². The van der Waals surface area contributed by atoms with Crippen molar-refractivity contribution in [2.45, 2.75) is 114 Å². The second-order valence-electron chi connectivity index (χ2n) is 14.1. The molecule has 0 amide bonds. The smallest absolute Gasteiger partial charge is 0.114 e. The van der Waals surface area contributed by atoms with E-state index >= 15 is 0 Å². The Labute approximate surface area is 260 Å². The molecule has 3 saturated heterocycles. The van der Waals surface area contributed by atoms with Crippen LogP contribution in [0.25, 0.3) is 11.0 Å². The standard InChI is InChI=1S/C27H42N4O3.C9H16/c1-32-14-15-34-17-16-33-13-12-30-11-5-6-21(20-30)27-29-25-9-2-3-10-26(25)31(27)24-18-22-7-4-8-23(19-24)28-22;1-3-8-5-2-6-9(4-1)7-8/h2-3,9-10,21-24,28H,4-8,11-20H2,1H3;8-9H,1-7H2/t21-,22?,23?,24?;/m0./s1. The first-order valence-electron chi connectivity index (χ1n) is 17.9. The summed E-state index contributed by atoms with van der Waals surface area (Å²) >= 11 is 0. The average Bonchev–Trinajstić information content (AvgIpc) is 3.43. The first-order chi connectivity index (χ1) is 21.3. The van der Waals surface area contributed by atoms with E-state index in [1.54, 1.807) is 39.2 Å². The minimum absolute atomic E-state index is 0.494. The maximum absolute atomic E-state index is 5.83. The van der Waals surface area contributed by atoms with Crippen LogP contribution < -0.4 is 5.32 Å². The second kappa shape index (κ2) is 16.2. The van der Waals surface area contributed by atoms with Crippen LogP contribution in [-0.2, 0) is 14.2 Å². The van der Waals surface area contributed by atoms with E-state index in [9.17, 15) is 0 Å². The largest absolute Gasteiger partial charge is 0.382 e. The van der Waals surface area contributed by atoms with Gasteiger partial charge in [0.2, 0.25) is 0 Å². The SMILES string of the molecule is C1CC2CCCC(C1)C2.COCCOCCOCCN1CCC[C@H](c2nc3ccccc3n2C2CC3CCCC(C2)N3)C1. The zero-order valence-electron chi connectivity index (χ0n) is 26.9. The number of para-hydroxylation sites is 2. The number of methoxy groups -OCH3 is 1. The highest BCUT2D eigenvalue weighted by Gasteiger charge is 2.35. The third kappa shape index (κ3) is 8.61. The number of hydrogen-bond acceptors (Lipinski definition) is 6. The lowest BCUT2D eigenvalue weighted by Gasteiger charge is -2.42. The van der Waals surface area contributed by atoms with Crippen LogP contribution in [-0.4, -0.2) is 86.3 Å². The number of fused-ring (bicyclic) bond motifs is 5. The zero-order valence-corrected chi connectivity index (χ0v) is 26.9. The fourth-order valence-electron chi connectivity index (χ4n) is 8.93. The minimum atomic E-state index is 0.494. The molecule has 2 aliphatic carbocycles. The van der Waals surface area contributed by atoms with E-state index in [1.165, 1.54) is 69.1 Å². The molecule has 2 saturated carbocycles. The van der Waals surface area contributed by atoms with Crippen LogP contribution >= 0.6 is 0 Å². The Morgan fingerprint density at radius 3 is 2.16 bits per heavy atom. The third-order valence-corrected chi connectivity index (χ3v) is 11.0. The van der Waals surface area contributed by atoms with Crippen molar-refractivity contribution in [2.24, 2.45) is 11.8 Å². The molecule has 5 fully saturated rings. The number of hydrogen-bond donors (Lipinski definition) is 1. The van der Waals surface area contributed by atoms with Crippen LogP contribution in [0, 0.1) is 11.8 Å². The van der Waals surface area contributed by atoms with Gasteiger partial charge in [0.15, 0.2) is 0 Å². The molecule has 7 nitrogen and oxygen atoms in total. The van der Waals surface area contributed by atoms with Gasteiger partial charge >= 0.3 is 0 Å². The first kappa shape index (κ1) is 31.5. The van der Waals surface area contributed by atoms with Gasteiger partial charge in [0.1, 0.15) is 5.82 Å². The minimum Gasteiger partial charge on any atom is -0.382 e. The lowest BCUT2D eigenvalue weighted by atomic mass is 9.72. The molecule has 2 aromatic rings. The van der Waals surface area contributed by atoms with Gasteiger partial charge in [0.25, 0.3) is 0 Å². The Bertz CT molecular complexity index is 1080. The second-order valence-corrected chi connectivity index (χ2v) is 14.1. The van der Waals surface area contributed by atoms with Crippen LogP contribution in [0.5, 0.6) is 0 Å². The van der Waals surface area contributed by atoms with E-state index in [0.29, 0.717) is 50.5 Å². The van der Waals surface area contributed by atoms with E-state index < -0.39 is 0 Å². The number of likely N-dealkylation sites (tertiary alicyclic amines) is 1. The van der Waals surface area contributed by atoms with E-state index in [1.807, 2.05) is 0 Å². The molecule has 7 rings (SSSR count). The summed E-state index contributed by atoms with van der Waals surface area (Å²) in [7, 11) is 1.69. The summed E-state index contributed by atoms with van der Waals surface area (Å²) in [6.45, 7) is 6.52. The van der Waals surface area contributed by atoms with Crippen LogP contribution in [0.3, 0.4) is 0 Å². The molecule has 4 bridgehead atoms.